The van der Waals surface area contributed by atoms with Crippen molar-refractivity contribution >= 4 is 27.3 Å². The van der Waals surface area contributed by atoms with Gasteiger partial charge in [-0.05, 0) is 37.5 Å². The van der Waals surface area contributed by atoms with Gasteiger partial charge in [-0.1, -0.05) is 11.6 Å². The second-order valence-electron chi connectivity index (χ2n) is 4.71. The highest BCUT2D eigenvalue weighted by atomic mass is 35.5. The second kappa shape index (κ2) is 5.28. The third-order valence-electron chi connectivity index (χ3n) is 3.49. The number of hydrogen-bond acceptors (Lipinski definition) is 4. The molecule has 1 unspecified atom stereocenters. The van der Waals surface area contributed by atoms with Gasteiger partial charge in [0.05, 0.1) is 11.5 Å². The molecule has 0 bridgehead atoms. The van der Waals surface area contributed by atoms with Crippen molar-refractivity contribution in [1.29, 1.82) is 0 Å². The highest BCUT2D eigenvalue weighted by molar-refractivity contribution is 7.89. The van der Waals surface area contributed by atoms with Crippen LogP contribution in [0.1, 0.15) is 18.4 Å². The lowest BCUT2D eigenvalue weighted by Crippen LogP contribution is -2.37. The summed E-state index contributed by atoms with van der Waals surface area (Å²) in [6.45, 7) is 1.90. The Bertz CT molecular complexity index is 589. The molecule has 0 spiro atoms. The predicted octanol–water partition coefficient (Wildman–Crippen LogP) is 1.38. The number of aliphatic hydroxyl groups excluding tert-OH is 1. The Morgan fingerprint density at radius 3 is 2.84 bits per heavy atom. The first-order chi connectivity index (χ1) is 8.87. The van der Waals surface area contributed by atoms with Crippen LogP contribution in [0.5, 0.6) is 0 Å². The molecule has 1 aromatic carbocycles. The van der Waals surface area contributed by atoms with Gasteiger partial charge in [0.15, 0.2) is 0 Å². The predicted molar refractivity (Wildman–Crippen MR) is 74.6 cm³/mol. The number of anilines is 1. The summed E-state index contributed by atoms with van der Waals surface area (Å²) < 4.78 is 26.6. The van der Waals surface area contributed by atoms with Gasteiger partial charge in [0.25, 0.3) is 0 Å². The first-order valence-corrected chi connectivity index (χ1v) is 7.88. The molecule has 1 saturated heterocycles. The Hall–Kier alpha value is -0.820. The van der Waals surface area contributed by atoms with E-state index in [2.05, 4.69) is 0 Å². The van der Waals surface area contributed by atoms with Gasteiger partial charge in [-0.3, -0.25) is 0 Å². The quantitative estimate of drug-likeness (QED) is 0.826. The number of benzene rings is 1. The minimum Gasteiger partial charge on any atom is -0.398 e. The number of nitrogen functional groups attached to an aromatic ring is 1. The number of sulfonamides is 1. The molecular formula is C12H17ClN2O3S. The van der Waals surface area contributed by atoms with E-state index < -0.39 is 10.0 Å². The number of rotatable bonds is 3. The molecule has 19 heavy (non-hydrogen) atoms. The van der Waals surface area contributed by atoms with Crippen LogP contribution in [-0.2, 0) is 10.0 Å². The Labute approximate surface area is 118 Å². The lowest BCUT2D eigenvalue weighted by Gasteiger charge is -2.23. The average Bonchev–Trinajstić information content (AvgIpc) is 2.82. The maximum atomic E-state index is 12.6. The van der Waals surface area contributed by atoms with Crippen LogP contribution in [0.25, 0.3) is 0 Å². The van der Waals surface area contributed by atoms with Crippen molar-refractivity contribution in [2.45, 2.75) is 30.7 Å². The third kappa shape index (κ3) is 2.58. The van der Waals surface area contributed by atoms with E-state index in [4.69, 9.17) is 17.3 Å². The van der Waals surface area contributed by atoms with Gasteiger partial charge < -0.3 is 10.8 Å². The van der Waals surface area contributed by atoms with Gasteiger partial charge in [-0.15, -0.1) is 0 Å². The van der Waals surface area contributed by atoms with Gasteiger partial charge in [0.2, 0.25) is 10.0 Å². The van der Waals surface area contributed by atoms with E-state index in [0.29, 0.717) is 29.2 Å². The van der Waals surface area contributed by atoms with Gasteiger partial charge in [0.1, 0.15) is 0 Å². The number of nitrogens with zero attached hydrogens (tertiary/aromatic N) is 1. The molecule has 2 rings (SSSR count). The average molecular weight is 305 g/mol. The van der Waals surface area contributed by atoms with E-state index in [1.807, 2.05) is 0 Å². The first kappa shape index (κ1) is 14.6. The number of nitrogens with two attached hydrogens (primary N) is 1. The standard InChI is InChI=1S/C12H17ClN2O3S/c1-8-11(14)5-9(13)6-12(8)19(17,18)15-4-2-3-10(15)7-16/h5-6,10,16H,2-4,7,14H2,1H3. The largest absolute Gasteiger partial charge is 0.398 e. The van der Waals surface area contributed by atoms with E-state index in [1.165, 1.54) is 16.4 Å². The fraction of sp³-hybridized carbons (Fsp3) is 0.500. The lowest BCUT2D eigenvalue weighted by atomic mass is 10.2. The lowest BCUT2D eigenvalue weighted by molar-refractivity contribution is 0.213. The Balaban J connectivity index is 2.51. The van der Waals surface area contributed by atoms with Crippen molar-refractivity contribution in [2.24, 2.45) is 0 Å². The zero-order valence-corrected chi connectivity index (χ0v) is 12.2. The van der Waals surface area contributed by atoms with Crippen LogP contribution < -0.4 is 5.73 Å². The summed E-state index contributed by atoms with van der Waals surface area (Å²) >= 11 is 5.89. The molecule has 1 fully saturated rings. The Morgan fingerprint density at radius 1 is 1.53 bits per heavy atom. The van der Waals surface area contributed by atoms with Crippen molar-refractivity contribution in [2.75, 3.05) is 18.9 Å². The number of halogens is 1. The molecule has 0 radical (unpaired) electrons. The fourth-order valence-electron chi connectivity index (χ4n) is 2.38. The van der Waals surface area contributed by atoms with Crippen LogP contribution in [0.4, 0.5) is 5.69 Å². The van der Waals surface area contributed by atoms with Gasteiger partial charge in [-0.25, -0.2) is 8.42 Å². The molecule has 106 valence electrons. The summed E-state index contributed by atoms with van der Waals surface area (Å²) in [5, 5.41) is 9.56. The second-order valence-corrected chi connectivity index (χ2v) is 7.01. The summed E-state index contributed by atoms with van der Waals surface area (Å²) in [7, 11) is -3.67. The molecule has 3 N–H and O–H groups in total. The maximum absolute atomic E-state index is 12.6. The van der Waals surface area contributed by atoms with Crippen molar-refractivity contribution in [3.63, 3.8) is 0 Å². The summed E-state index contributed by atoms with van der Waals surface area (Å²) in [5.74, 6) is 0. The van der Waals surface area contributed by atoms with Crippen LogP contribution in [0.15, 0.2) is 17.0 Å². The van der Waals surface area contributed by atoms with Crippen LogP contribution in [0, 0.1) is 6.92 Å². The molecule has 0 saturated carbocycles. The smallest absolute Gasteiger partial charge is 0.243 e. The molecule has 0 aromatic heterocycles. The summed E-state index contributed by atoms with van der Waals surface area (Å²) in [6.07, 6.45) is 1.42. The SMILES string of the molecule is Cc1c(N)cc(Cl)cc1S(=O)(=O)N1CCCC1CO. The highest BCUT2D eigenvalue weighted by Crippen LogP contribution is 2.31. The molecule has 0 amide bonds. The molecule has 7 heteroatoms. The monoisotopic (exact) mass is 304 g/mol. The first-order valence-electron chi connectivity index (χ1n) is 6.06. The summed E-state index contributed by atoms with van der Waals surface area (Å²) in [5.41, 5.74) is 6.61. The van der Waals surface area contributed by atoms with Crippen LogP contribution >= 0.6 is 11.6 Å². The topological polar surface area (TPSA) is 83.6 Å². The van der Waals surface area contributed by atoms with Crippen molar-refractivity contribution in [3.8, 4) is 0 Å². The normalized spacial score (nSPS) is 20.9. The van der Waals surface area contributed by atoms with Gasteiger partial charge in [-0.2, -0.15) is 4.31 Å². The molecule has 1 aliphatic rings. The molecule has 1 aliphatic heterocycles. The minimum absolute atomic E-state index is 0.123. The van der Waals surface area contributed by atoms with Crippen molar-refractivity contribution in [3.05, 3.63) is 22.7 Å². The zero-order valence-electron chi connectivity index (χ0n) is 10.6. The molecule has 5 nitrogen and oxygen atoms in total. The van der Waals surface area contributed by atoms with E-state index in [0.717, 1.165) is 6.42 Å². The molecule has 0 aliphatic carbocycles. The Kier molecular flexibility index (Phi) is 4.06. The van der Waals surface area contributed by atoms with Crippen molar-refractivity contribution < 1.29 is 13.5 Å². The van der Waals surface area contributed by atoms with E-state index >= 15 is 0 Å². The van der Waals surface area contributed by atoms with Crippen LogP contribution in [0.2, 0.25) is 5.02 Å². The highest BCUT2D eigenvalue weighted by Gasteiger charge is 2.36. The fourth-order valence-corrected chi connectivity index (χ4v) is 4.64. The molecule has 1 aromatic rings. The Morgan fingerprint density at radius 2 is 2.21 bits per heavy atom. The number of aliphatic hydroxyl groups is 1. The van der Waals surface area contributed by atoms with E-state index in [-0.39, 0.29) is 17.5 Å². The molecular weight excluding hydrogens is 288 g/mol. The molecule has 1 atom stereocenters. The molecule has 1 heterocycles. The van der Waals surface area contributed by atoms with Gasteiger partial charge in [0, 0.05) is 23.3 Å². The van der Waals surface area contributed by atoms with E-state index in [9.17, 15) is 13.5 Å². The zero-order chi connectivity index (χ0) is 14.2. The van der Waals surface area contributed by atoms with E-state index in [1.54, 1.807) is 6.92 Å². The van der Waals surface area contributed by atoms with Crippen molar-refractivity contribution in [1.82, 2.24) is 4.31 Å². The maximum Gasteiger partial charge on any atom is 0.243 e. The van der Waals surface area contributed by atoms with Gasteiger partial charge >= 0.3 is 0 Å². The minimum atomic E-state index is -3.67. The van der Waals surface area contributed by atoms with Crippen LogP contribution in [0.3, 0.4) is 0 Å². The summed E-state index contributed by atoms with van der Waals surface area (Å²) in [4.78, 5) is 0.123. The van der Waals surface area contributed by atoms with Crippen LogP contribution in [-0.4, -0.2) is 37.0 Å². The third-order valence-corrected chi connectivity index (χ3v) is 5.78. The summed E-state index contributed by atoms with van der Waals surface area (Å²) in [6, 6.07) is 2.59. The number of hydrogen-bond donors (Lipinski definition) is 2.